The van der Waals surface area contributed by atoms with Crippen LogP contribution in [0.2, 0.25) is 0 Å². The van der Waals surface area contributed by atoms with E-state index in [9.17, 15) is 26.3 Å². The molecule has 0 bridgehead atoms. The molecule has 4 rings (SSSR count). The summed E-state index contributed by atoms with van der Waals surface area (Å²) in [7, 11) is -1.46. The van der Waals surface area contributed by atoms with Gasteiger partial charge in [-0.05, 0) is 42.0 Å². The van der Waals surface area contributed by atoms with E-state index in [0.717, 1.165) is 0 Å². The van der Waals surface area contributed by atoms with Crippen LogP contribution in [-0.4, -0.2) is 12.7 Å². The molecule has 2 nitrogen and oxygen atoms in total. The monoisotopic (exact) mass is 520 g/mol. The van der Waals surface area contributed by atoms with E-state index in [1.54, 1.807) is 0 Å². The maximum Gasteiger partial charge on any atom is 0.504 e. The molecule has 0 amide bonds. The second-order valence-electron chi connectivity index (χ2n) is 7.36. The summed E-state index contributed by atoms with van der Waals surface area (Å²) < 4.78 is 78.0. The number of hydrogen-bond acceptors (Lipinski definition) is 2. The van der Waals surface area contributed by atoms with Crippen LogP contribution in [-0.2, 0) is 12.4 Å². The summed E-state index contributed by atoms with van der Waals surface area (Å²) in [5, 5.41) is 12.5. The molecule has 0 saturated heterocycles. The molecule has 4 aromatic rings. The summed E-state index contributed by atoms with van der Waals surface area (Å²) in [6.07, 6.45) is -9.84. The molecule has 1 N–H and O–H groups in total. The predicted molar refractivity (Wildman–Crippen MR) is 132 cm³/mol. The van der Waals surface area contributed by atoms with Gasteiger partial charge in [-0.2, -0.15) is 26.3 Å². The molecule has 4 aromatic carbocycles. The fourth-order valence-corrected chi connectivity index (χ4v) is 5.57. The van der Waals surface area contributed by atoms with Gasteiger partial charge in [-0.1, -0.05) is 91.0 Å². The Hall–Kier alpha value is -3.29. The van der Waals surface area contributed by atoms with Gasteiger partial charge < -0.3 is 9.68 Å². The zero-order valence-corrected chi connectivity index (χ0v) is 19.6. The lowest BCUT2D eigenvalue weighted by Gasteiger charge is -2.18. The molecular weight excluding hydrogens is 500 g/mol. The molecule has 0 aromatic heterocycles. The highest BCUT2D eigenvalue weighted by atomic mass is 31.1. The van der Waals surface area contributed by atoms with Crippen LogP contribution in [0, 0.1) is 0 Å². The third kappa shape index (κ3) is 7.61. The van der Waals surface area contributed by atoms with Gasteiger partial charge in [-0.15, -0.1) is 0 Å². The Labute approximate surface area is 206 Å². The molecule has 0 atom stereocenters. The van der Waals surface area contributed by atoms with E-state index in [0.29, 0.717) is 12.1 Å². The van der Waals surface area contributed by atoms with Crippen LogP contribution in [0.3, 0.4) is 0 Å². The van der Waals surface area contributed by atoms with Crippen molar-refractivity contribution in [3.05, 3.63) is 120 Å². The molecule has 0 fully saturated rings. The van der Waals surface area contributed by atoms with Gasteiger partial charge in [0, 0.05) is 0 Å². The van der Waals surface area contributed by atoms with Crippen molar-refractivity contribution in [2.24, 2.45) is 0 Å². The number of alkyl halides is 6. The summed E-state index contributed by atoms with van der Waals surface area (Å²) in [4.78, 5) is 0. The van der Waals surface area contributed by atoms with Gasteiger partial charge >= 0.3 is 20.0 Å². The van der Waals surface area contributed by atoms with E-state index in [-0.39, 0.29) is 6.07 Å². The van der Waals surface area contributed by atoms with Crippen molar-refractivity contribution in [3.63, 3.8) is 0 Å². The van der Waals surface area contributed by atoms with Crippen LogP contribution in [0.25, 0.3) is 0 Å². The van der Waals surface area contributed by atoms with Crippen molar-refractivity contribution in [2.45, 2.75) is 12.4 Å². The van der Waals surface area contributed by atoms with E-state index in [1.807, 2.05) is 0 Å². The Morgan fingerprint density at radius 1 is 0.556 bits per heavy atom. The Morgan fingerprint density at radius 2 is 0.889 bits per heavy atom. The van der Waals surface area contributed by atoms with Gasteiger partial charge in [0.1, 0.15) is 5.75 Å². The third-order valence-electron chi connectivity index (χ3n) is 4.84. The maximum absolute atomic E-state index is 12.3. The first-order valence-electron chi connectivity index (χ1n) is 10.6. The minimum Gasteiger partial charge on any atom is -0.539 e. The van der Waals surface area contributed by atoms with Crippen molar-refractivity contribution in [3.8, 4) is 5.75 Å². The molecule has 186 valence electrons. The molecule has 0 aliphatic carbocycles. The van der Waals surface area contributed by atoms with Crippen LogP contribution in [0.4, 0.5) is 26.3 Å². The molecule has 36 heavy (non-hydrogen) atoms. The Kier molecular flexibility index (Phi) is 9.18. The first-order chi connectivity index (χ1) is 17.1. The van der Waals surface area contributed by atoms with Crippen molar-refractivity contribution in [2.75, 3.05) is 0 Å². The predicted octanol–water partition coefficient (Wildman–Crippen LogP) is 5.81. The molecule has 0 spiro atoms. The quantitative estimate of drug-likeness (QED) is 0.205. The zero-order valence-electron chi connectivity index (χ0n) is 18.7. The second-order valence-corrected chi connectivity index (χ2v) is 9.58. The summed E-state index contributed by atoms with van der Waals surface area (Å²) in [6.45, 7) is 0. The molecule has 10 heteroatoms. The molecule has 0 heterocycles. The van der Waals surface area contributed by atoms with Gasteiger partial charge in [0.05, 0.1) is 11.1 Å². The number of hydrogen-bond donors (Lipinski definition) is 1. The summed E-state index contributed by atoms with van der Waals surface area (Å²) in [6, 6.07) is 33.1. The maximum atomic E-state index is 12.3. The summed E-state index contributed by atoms with van der Waals surface area (Å²) >= 11 is 0. The lowest BCUT2D eigenvalue weighted by Crippen LogP contribution is -2.20. The first kappa shape index (κ1) is 27.3. The van der Waals surface area contributed by atoms with Crippen LogP contribution in [0.5, 0.6) is 5.75 Å². The topological polar surface area (TPSA) is 29.5 Å². The molecular formula is C26H20BF6O2P. The number of rotatable bonds is 5. The molecule has 0 radical (unpaired) electrons. The smallest absolute Gasteiger partial charge is 0.504 e. The average molecular weight is 520 g/mol. The lowest BCUT2D eigenvalue weighted by molar-refractivity contribution is -0.143. The Morgan fingerprint density at radius 3 is 1.17 bits per heavy atom. The van der Waals surface area contributed by atoms with Gasteiger partial charge in [0.15, 0.2) is 0 Å². The van der Waals surface area contributed by atoms with Crippen molar-refractivity contribution in [1.82, 2.24) is 0 Å². The molecule has 0 aliphatic rings. The summed E-state index contributed by atoms with van der Waals surface area (Å²) in [5.74, 6) is -0.699. The van der Waals surface area contributed by atoms with Gasteiger partial charge in [-0.25, -0.2) is 0 Å². The highest BCUT2D eigenvalue weighted by Gasteiger charge is 2.37. The lowest BCUT2D eigenvalue weighted by atomic mass is 10.1. The first-order valence-corrected chi connectivity index (χ1v) is 11.9. The number of halogens is 6. The van der Waals surface area contributed by atoms with Crippen molar-refractivity contribution < 1.29 is 36.0 Å². The fraction of sp³-hybridized carbons (Fsp3) is 0.0769. The summed E-state index contributed by atoms with van der Waals surface area (Å²) in [5.41, 5.74) is -2.98. The SMILES string of the molecule is OBOc1cc(C(F)(F)F)cc(C(F)(F)F)c1.c1ccc(P(c2ccccc2)c2ccccc2)cc1. The normalized spacial score (nSPS) is 11.4. The van der Waals surface area contributed by atoms with E-state index in [1.165, 1.54) is 15.9 Å². The third-order valence-corrected chi connectivity index (χ3v) is 7.28. The van der Waals surface area contributed by atoms with Gasteiger partial charge in [0.25, 0.3) is 0 Å². The Balaban J connectivity index is 0.000000202. The van der Waals surface area contributed by atoms with E-state index in [2.05, 4.69) is 95.6 Å². The molecule has 0 aliphatic heterocycles. The Bertz CT molecular complexity index is 1090. The zero-order chi connectivity index (χ0) is 26.2. The largest absolute Gasteiger partial charge is 0.539 e. The highest BCUT2D eigenvalue weighted by molar-refractivity contribution is 7.79. The van der Waals surface area contributed by atoms with Crippen molar-refractivity contribution >= 4 is 31.5 Å². The average Bonchev–Trinajstić information content (AvgIpc) is 2.86. The minimum atomic E-state index is -4.92. The van der Waals surface area contributed by atoms with Gasteiger partial charge in [0.2, 0.25) is 0 Å². The van der Waals surface area contributed by atoms with Gasteiger partial charge in [-0.3, -0.25) is 0 Å². The second kappa shape index (κ2) is 12.1. The van der Waals surface area contributed by atoms with E-state index < -0.39 is 44.8 Å². The van der Waals surface area contributed by atoms with Crippen LogP contribution in [0.15, 0.2) is 109 Å². The molecule has 0 unspecified atom stereocenters. The highest BCUT2D eigenvalue weighted by Crippen LogP contribution is 2.38. The minimum absolute atomic E-state index is 0.0236. The van der Waals surface area contributed by atoms with Crippen molar-refractivity contribution in [1.29, 1.82) is 0 Å². The van der Waals surface area contributed by atoms with Crippen LogP contribution < -0.4 is 20.6 Å². The van der Waals surface area contributed by atoms with Crippen LogP contribution in [0.1, 0.15) is 11.1 Å². The fourth-order valence-electron chi connectivity index (χ4n) is 3.26. The van der Waals surface area contributed by atoms with Crippen LogP contribution >= 0.6 is 7.92 Å². The standard InChI is InChI=1S/C18H15P.C8H5BF6O2/c1-4-10-16(11-5-1)19(17-12-6-2-7-13-17)18-14-8-3-9-15-18;10-7(11,12)4-1-5(8(13,14)15)3-6(2-4)17-9-16/h1-15H;1-3,9,16H. The number of benzene rings is 4. The van der Waals surface area contributed by atoms with E-state index in [4.69, 9.17) is 5.02 Å². The van der Waals surface area contributed by atoms with E-state index >= 15 is 0 Å². The molecule has 0 saturated carbocycles.